The summed E-state index contributed by atoms with van der Waals surface area (Å²) >= 11 is 0. The van der Waals surface area contributed by atoms with Crippen molar-refractivity contribution in [2.75, 3.05) is 12.3 Å². The number of benzene rings is 3. The van der Waals surface area contributed by atoms with Crippen LogP contribution in [0.5, 0.6) is 0 Å². The summed E-state index contributed by atoms with van der Waals surface area (Å²) in [6.07, 6.45) is 0.762. The molecule has 1 amide bonds. The zero-order chi connectivity index (χ0) is 18.1. The molecule has 132 valence electrons. The van der Waals surface area contributed by atoms with Gasteiger partial charge in [0.15, 0.2) is 9.84 Å². The van der Waals surface area contributed by atoms with E-state index in [0.29, 0.717) is 13.1 Å². The van der Waals surface area contributed by atoms with Crippen LogP contribution < -0.4 is 0 Å². The summed E-state index contributed by atoms with van der Waals surface area (Å²) in [6, 6.07) is 20.6. The molecular weight excluding hydrogens is 346 g/mol. The molecule has 0 aromatic heterocycles. The van der Waals surface area contributed by atoms with Crippen LogP contribution in [-0.2, 0) is 27.6 Å². The van der Waals surface area contributed by atoms with Gasteiger partial charge >= 0.3 is 0 Å². The predicted molar refractivity (Wildman–Crippen MR) is 102 cm³/mol. The van der Waals surface area contributed by atoms with Gasteiger partial charge in [0.2, 0.25) is 5.91 Å². The maximum absolute atomic E-state index is 12.7. The van der Waals surface area contributed by atoms with Crippen LogP contribution in [0, 0.1) is 0 Å². The zero-order valence-electron chi connectivity index (χ0n) is 14.3. The van der Waals surface area contributed by atoms with Crippen molar-refractivity contribution in [3.05, 3.63) is 77.9 Å². The molecule has 4 rings (SSSR count). The fourth-order valence-corrected chi connectivity index (χ4v) is 4.66. The molecule has 0 aliphatic carbocycles. The Morgan fingerprint density at radius 2 is 1.58 bits per heavy atom. The fraction of sp³-hybridized carbons (Fsp3) is 0.190. The second kappa shape index (κ2) is 6.57. The lowest BCUT2D eigenvalue weighted by Gasteiger charge is -2.28. The van der Waals surface area contributed by atoms with Gasteiger partial charge in [0.25, 0.3) is 0 Å². The number of hydrogen-bond donors (Lipinski definition) is 0. The van der Waals surface area contributed by atoms with Gasteiger partial charge in [0.1, 0.15) is 5.75 Å². The summed E-state index contributed by atoms with van der Waals surface area (Å²) in [5.41, 5.74) is 2.32. The van der Waals surface area contributed by atoms with Crippen LogP contribution in [0.3, 0.4) is 0 Å². The van der Waals surface area contributed by atoms with E-state index in [1.54, 1.807) is 23.1 Å². The number of carbonyl (C=O) groups is 1. The molecule has 26 heavy (non-hydrogen) atoms. The molecule has 0 saturated carbocycles. The van der Waals surface area contributed by atoms with Gasteiger partial charge in [0, 0.05) is 13.1 Å². The first-order valence-electron chi connectivity index (χ1n) is 8.59. The summed E-state index contributed by atoms with van der Waals surface area (Å²) in [5.74, 6) is -0.833. The minimum absolute atomic E-state index is 0.196. The van der Waals surface area contributed by atoms with Crippen LogP contribution in [0.4, 0.5) is 0 Å². The van der Waals surface area contributed by atoms with Gasteiger partial charge in [-0.05, 0) is 40.5 Å². The molecule has 0 unspecified atom stereocenters. The second-order valence-electron chi connectivity index (χ2n) is 6.60. The highest BCUT2D eigenvalue weighted by molar-refractivity contribution is 7.92. The van der Waals surface area contributed by atoms with E-state index in [4.69, 9.17) is 0 Å². The standard InChI is InChI=1S/C21H19NO3S/c23-21(22-12-11-17-6-2-4-8-19(17)14-22)15-26(24,25)20-10-9-16-5-1-3-7-18(16)13-20/h1-10,13H,11-12,14-15H2. The lowest BCUT2D eigenvalue weighted by molar-refractivity contribution is -0.129. The van der Waals surface area contributed by atoms with E-state index >= 15 is 0 Å². The normalized spacial score (nSPS) is 14.2. The number of rotatable bonds is 3. The number of nitrogens with zero attached hydrogens (tertiary/aromatic N) is 1. The molecule has 1 aliphatic rings. The maximum atomic E-state index is 12.7. The third-order valence-electron chi connectivity index (χ3n) is 4.88. The molecule has 0 fully saturated rings. The minimum Gasteiger partial charge on any atom is -0.337 e. The van der Waals surface area contributed by atoms with E-state index in [0.717, 1.165) is 22.8 Å². The Bertz CT molecular complexity index is 1090. The van der Waals surface area contributed by atoms with Crippen LogP contribution >= 0.6 is 0 Å². The lowest BCUT2D eigenvalue weighted by Crippen LogP contribution is -2.39. The van der Waals surface area contributed by atoms with Crippen molar-refractivity contribution >= 4 is 26.5 Å². The summed E-state index contributed by atoms with van der Waals surface area (Å²) in [6.45, 7) is 1.03. The number of carbonyl (C=O) groups excluding carboxylic acids is 1. The molecule has 3 aromatic carbocycles. The van der Waals surface area contributed by atoms with Crippen molar-refractivity contribution < 1.29 is 13.2 Å². The Kier molecular flexibility index (Phi) is 4.24. The highest BCUT2D eigenvalue weighted by atomic mass is 32.2. The lowest BCUT2D eigenvalue weighted by atomic mass is 10.00. The molecule has 1 aliphatic heterocycles. The van der Waals surface area contributed by atoms with Crippen molar-refractivity contribution in [2.45, 2.75) is 17.9 Å². The topological polar surface area (TPSA) is 54.5 Å². The molecular formula is C21H19NO3S. The molecule has 0 atom stereocenters. The Balaban J connectivity index is 1.54. The molecule has 0 bridgehead atoms. The van der Waals surface area contributed by atoms with Gasteiger partial charge in [-0.3, -0.25) is 4.79 Å². The molecule has 0 spiro atoms. The van der Waals surface area contributed by atoms with Crippen LogP contribution in [0.1, 0.15) is 11.1 Å². The molecule has 1 heterocycles. The van der Waals surface area contributed by atoms with E-state index in [2.05, 4.69) is 6.07 Å². The SMILES string of the molecule is O=C(CS(=O)(=O)c1ccc2ccccc2c1)N1CCc2ccccc2C1. The smallest absolute Gasteiger partial charge is 0.238 e. The Labute approximate surface area is 153 Å². The van der Waals surface area contributed by atoms with Crippen molar-refractivity contribution in [1.82, 2.24) is 4.90 Å². The molecule has 0 N–H and O–H groups in total. The van der Waals surface area contributed by atoms with Crippen molar-refractivity contribution in [3.63, 3.8) is 0 Å². The maximum Gasteiger partial charge on any atom is 0.238 e. The van der Waals surface area contributed by atoms with Gasteiger partial charge < -0.3 is 4.90 Å². The largest absolute Gasteiger partial charge is 0.337 e. The first-order chi connectivity index (χ1) is 12.5. The van der Waals surface area contributed by atoms with Crippen LogP contribution in [0.25, 0.3) is 10.8 Å². The molecule has 0 radical (unpaired) electrons. The monoisotopic (exact) mass is 365 g/mol. The average molecular weight is 365 g/mol. The molecule has 4 nitrogen and oxygen atoms in total. The van der Waals surface area contributed by atoms with Gasteiger partial charge in [-0.15, -0.1) is 0 Å². The van der Waals surface area contributed by atoms with Crippen LogP contribution in [0.2, 0.25) is 0 Å². The van der Waals surface area contributed by atoms with Gasteiger partial charge in [-0.25, -0.2) is 8.42 Å². The van der Waals surface area contributed by atoms with E-state index in [1.807, 2.05) is 42.5 Å². The summed E-state index contributed by atoms with van der Waals surface area (Å²) < 4.78 is 25.5. The predicted octanol–water partition coefficient (Wildman–Crippen LogP) is 3.20. The highest BCUT2D eigenvalue weighted by Gasteiger charge is 2.26. The van der Waals surface area contributed by atoms with Crippen LogP contribution in [-0.4, -0.2) is 31.5 Å². The first-order valence-corrected chi connectivity index (χ1v) is 10.2. The third kappa shape index (κ3) is 3.22. The van der Waals surface area contributed by atoms with Gasteiger partial charge in [0.05, 0.1) is 4.90 Å². The number of sulfone groups is 1. The minimum atomic E-state index is -3.67. The Hall–Kier alpha value is -2.66. The van der Waals surface area contributed by atoms with Crippen molar-refractivity contribution in [1.29, 1.82) is 0 Å². The van der Waals surface area contributed by atoms with E-state index < -0.39 is 15.6 Å². The van der Waals surface area contributed by atoms with E-state index in [9.17, 15) is 13.2 Å². The Morgan fingerprint density at radius 3 is 2.38 bits per heavy atom. The number of amides is 1. The van der Waals surface area contributed by atoms with Gasteiger partial charge in [-0.2, -0.15) is 0 Å². The third-order valence-corrected chi connectivity index (χ3v) is 6.48. The van der Waals surface area contributed by atoms with Crippen LogP contribution in [0.15, 0.2) is 71.6 Å². The van der Waals surface area contributed by atoms with E-state index in [-0.39, 0.29) is 10.8 Å². The van der Waals surface area contributed by atoms with Crippen molar-refractivity contribution in [3.8, 4) is 0 Å². The molecule has 3 aromatic rings. The number of hydrogen-bond acceptors (Lipinski definition) is 3. The first kappa shape index (κ1) is 16.8. The Morgan fingerprint density at radius 1 is 0.885 bits per heavy atom. The quantitative estimate of drug-likeness (QED) is 0.716. The summed E-state index contributed by atoms with van der Waals surface area (Å²) in [4.78, 5) is 14.4. The molecule has 5 heteroatoms. The summed E-state index contributed by atoms with van der Waals surface area (Å²) in [7, 11) is -3.67. The highest BCUT2D eigenvalue weighted by Crippen LogP contribution is 2.22. The van der Waals surface area contributed by atoms with Gasteiger partial charge in [-0.1, -0.05) is 54.6 Å². The zero-order valence-corrected chi connectivity index (χ0v) is 15.1. The second-order valence-corrected chi connectivity index (χ2v) is 8.59. The average Bonchev–Trinajstić information content (AvgIpc) is 2.67. The fourth-order valence-electron chi connectivity index (χ4n) is 3.41. The molecule has 0 saturated heterocycles. The van der Waals surface area contributed by atoms with E-state index in [1.165, 1.54) is 5.56 Å². The summed E-state index contributed by atoms with van der Waals surface area (Å²) in [5, 5.41) is 1.83. The number of fused-ring (bicyclic) bond motifs is 2. The van der Waals surface area contributed by atoms with Crippen molar-refractivity contribution in [2.24, 2.45) is 0 Å².